The van der Waals surface area contributed by atoms with Crippen molar-refractivity contribution < 1.29 is 64.6 Å². The maximum atomic E-state index is 12.8. The molecule has 16 N–H and O–H groups in total. The van der Waals surface area contributed by atoms with Crippen LogP contribution >= 0.6 is 0 Å². The van der Waals surface area contributed by atoms with Crippen molar-refractivity contribution in [3.05, 3.63) is 0 Å². The Balaban J connectivity index is 1.81. The normalized spacial score (nSPS) is 44.0. The third-order valence-electron chi connectivity index (χ3n) is 8.79. The Kier molecular flexibility index (Phi) is 14.4. The largest absolute Gasteiger partial charge is 0.395 e. The highest BCUT2D eigenvalue weighted by atomic mass is 16.7. The molecule has 18 nitrogen and oxygen atoms in total. The van der Waals surface area contributed by atoms with E-state index in [-0.39, 0.29) is 52.1 Å². The van der Waals surface area contributed by atoms with E-state index >= 15 is 0 Å². The number of aliphatic hydroxyl groups excluding tert-OH is 7. The van der Waals surface area contributed by atoms with E-state index in [2.05, 4.69) is 10.6 Å². The predicted octanol–water partition coefficient (Wildman–Crippen LogP) is -7.09. The molecule has 2 aliphatic heterocycles. The summed E-state index contributed by atoms with van der Waals surface area (Å²) in [6.45, 7) is 1.14. The lowest BCUT2D eigenvalue weighted by Gasteiger charge is -2.49. The van der Waals surface area contributed by atoms with Crippen LogP contribution < -0.4 is 27.8 Å². The first-order chi connectivity index (χ1) is 21.2. The maximum absolute atomic E-state index is 12.8. The van der Waals surface area contributed by atoms with Gasteiger partial charge in [0, 0.05) is 31.6 Å². The van der Waals surface area contributed by atoms with Crippen molar-refractivity contribution in [2.24, 2.45) is 23.1 Å². The SMILES string of the molecule is CN[C@@H]1[C@@H](O)[C@@H](O[C@H]2[C@H](CC(=O)[C@@H](O)CCN)C[C@H](N)C(O[C@H]3O[C@H](CNCC(N)CO)[C@@H](O)[C@H](O)[C@H]3O)[C@@H]2O)OC[C@]1(C)O. The van der Waals surface area contributed by atoms with Crippen LogP contribution in [0.2, 0.25) is 0 Å². The van der Waals surface area contributed by atoms with Crippen LogP contribution in [0.1, 0.15) is 26.2 Å². The van der Waals surface area contributed by atoms with Gasteiger partial charge in [-0.25, -0.2) is 0 Å². The minimum Gasteiger partial charge on any atom is -0.395 e. The molecule has 1 aliphatic carbocycles. The monoisotopic (exact) mass is 655 g/mol. The van der Waals surface area contributed by atoms with Gasteiger partial charge in [-0.1, -0.05) is 0 Å². The Morgan fingerprint density at radius 1 is 1.04 bits per heavy atom. The highest BCUT2D eigenvalue weighted by Gasteiger charge is 2.53. The zero-order valence-corrected chi connectivity index (χ0v) is 25.7. The lowest BCUT2D eigenvalue weighted by atomic mass is 9.76. The zero-order valence-electron chi connectivity index (χ0n) is 25.7. The molecule has 16 atom stereocenters. The second-order valence-electron chi connectivity index (χ2n) is 12.5. The summed E-state index contributed by atoms with van der Waals surface area (Å²) >= 11 is 0. The van der Waals surface area contributed by atoms with E-state index < -0.39 is 103 Å². The van der Waals surface area contributed by atoms with Crippen molar-refractivity contribution in [3.8, 4) is 0 Å². The van der Waals surface area contributed by atoms with E-state index in [1.165, 1.54) is 14.0 Å². The van der Waals surface area contributed by atoms with Crippen molar-refractivity contribution in [1.29, 1.82) is 0 Å². The van der Waals surface area contributed by atoms with E-state index in [1.54, 1.807) is 0 Å². The molecule has 0 aromatic carbocycles. The smallest absolute Gasteiger partial charge is 0.187 e. The van der Waals surface area contributed by atoms with Gasteiger partial charge in [-0.05, 0) is 39.3 Å². The van der Waals surface area contributed by atoms with Crippen LogP contribution in [0.3, 0.4) is 0 Å². The molecule has 2 unspecified atom stereocenters. The number of carbonyl (C=O) groups excluding carboxylic acids is 1. The van der Waals surface area contributed by atoms with Crippen LogP contribution in [0.5, 0.6) is 0 Å². The molecule has 2 heterocycles. The minimum absolute atomic E-state index is 0.0154. The Labute approximate surface area is 261 Å². The van der Waals surface area contributed by atoms with Gasteiger partial charge in [0.1, 0.15) is 54.4 Å². The van der Waals surface area contributed by atoms with Crippen molar-refractivity contribution in [3.63, 3.8) is 0 Å². The fraction of sp³-hybridized carbons (Fsp3) is 0.963. The molecule has 0 aromatic heterocycles. The summed E-state index contributed by atoms with van der Waals surface area (Å²) in [6, 6.07) is -2.43. The number of hydrogen-bond donors (Lipinski definition) is 13. The zero-order chi connectivity index (χ0) is 33.6. The van der Waals surface area contributed by atoms with Crippen LogP contribution in [-0.4, -0.2) is 178 Å². The standard InChI is InChI=1S/C27H53N5O13/c1-27(41)10-42-25(21(40)24(27)31-2)44-22-11(6-15(35)14(34)3-4-28)5-13(30)23(20(22)39)45-26-19(38)18(37)17(36)16(43-26)8-32-7-12(29)9-33/h11-14,16-26,31-34,36-41H,3-10,28-30H2,1-2H3/t11-,12?,13-,14-,16+,17+,18-,19+,20+,21+,22-,23?,24+,25+,26+,27-/m0/s1. The number of likely N-dealkylation sites (N-methyl/N-ethyl adjacent to an activating group) is 1. The summed E-state index contributed by atoms with van der Waals surface area (Å²) in [6.07, 6.45) is -16.2. The van der Waals surface area contributed by atoms with Crippen LogP contribution in [-0.2, 0) is 23.7 Å². The van der Waals surface area contributed by atoms with Gasteiger partial charge in [0.2, 0.25) is 0 Å². The van der Waals surface area contributed by atoms with Gasteiger partial charge in [-0.15, -0.1) is 0 Å². The number of nitrogens with one attached hydrogen (secondary N) is 2. The fourth-order valence-electron chi connectivity index (χ4n) is 6.17. The molecule has 1 saturated carbocycles. The summed E-state index contributed by atoms with van der Waals surface area (Å²) in [5.41, 5.74) is 16.1. The van der Waals surface area contributed by atoms with Crippen LogP contribution in [0.25, 0.3) is 0 Å². The Morgan fingerprint density at radius 2 is 1.71 bits per heavy atom. The van der Waals surface area contributed by atoms with E-state index in [0.717, 1.165) is 0 Å². The van der Waals surface area contributed by atoms with Gasteiger partial charge in [0.25, 0.3) is 0 Å². The Morgan fingerprint density at radius 3 is 2.33 bits per heavy atom. The molecule has 45 heavy (non-hydrogen) atoms. The molecule has 2 saturated heterocycles. The van der Waals surface area contributed by atoms with E-state index in [9.17, 15) is 40.5 Å². The maximum Gasteiger partial charge on any atom is 0.187 e. The number of rotatable bonds is 15. The van der Waals surface area contributed by atoms with Crippen LogP contribution in [0.4, 0.5) is 0 Å². The molecule has 3 rings (SSSR count). The highest BCUT2D eigenvalue weighted by molar-refractivity contribution is 5.83. The molecule has 0 radical (unpaired) electrons. The number of hydrogen-bond acceptors (Lipinski definition) is 18. The topological polar surface area (TPSA) is 318 Å². The number of carbonyl (C=O) groups is 1. The molecule has 0 aromatic rings. The van der Waals surface area contributed by atoms with Crippen molar-refractivity contribution >= 4 is 5.78 Å². The summed E-state index contributed by atoms with van der Waals surface area (Å²) < 4.78 is 23.4. The summed E-state index contributed by atoms with van der Waals surface area (Å²) in [7, 11) is 1.54. The van der Waals surface area contributed by atoms with Gasteiger partial charge < -0.3 is 87.6 Å². The average molecular weight is 656 g/mol. The van der Waals surface area contributed by atoms with Crippen LogP contribution in [0.15, 0.2) is 0 Å². The van der Waals surface area contributed by atoms with E-state index in [4.69, 9.17) is 41.3 Å². The summed E-state index contributed by atoms with van der Waals surface area (Å²) in [5.74, 6) is -1.35. The fourth-order valence-corrected chi connectivity index (χ4v) is 6.17. The highest BCUT2D eigenvalue weighted by Crippen LogP contribution is 2.36. The Hall–Kier alpha value is -1.01. The molecule has 3 fully saturated rings. The number of nitrogens with two attached hydrogens (primary N) is 3. The van der Waals surface area contributed by atoms with Crippen molar-refractivity contribution in [2.75, 3.05) is 39.9 Å². The van der Waals surface area contributed by atoms with Gasteiger partial charge in [-0.2, -0.15) is 0 Å². The number of Topliss-reactive ketones (excluding diaryl/α,β-unsaturated/α-hetero) is 1. The minimum atomic E-state index is -1.75. The van der Waals surface area contributed by atoms with Gasteiger partial charge in [0.05, 0.1) is 25.4 Å². The van der Waals surface area contributed by atoms with Gasteiger partial charge in [0.15, 0.2) is 18.4 Å². The van der Waals surface area contributed by atoms with E-state index in [1.807, 2.05) is 0 Å². The summed E-state index contributed by atoms with van der Waals surface area (Å²) in [4.78, 5) is 12.8. The quantitative estimate of drug-likeness (QED) is 0.0779. The Bertz CT molecular complexity index is 924. The van der Waals surface area contributed by atoms with Gasteiger partial charge >= 0.3 is 0 Å². The third kappa shape index (κ3) is 9.33. The number of aliphatic hydroxyl groups is 8. The lowest BCUT2D eigenvalue weighted by Crippen LogP contribution is -2.67. The molecule has 18 heteroatoms. The van der Waals surface area contributed by atoms with Crippen LogP contribution in [0, 0.1) is 5.92 Å². The van der Waals surface area contributed by atoms with Crippen molar-refractivity contribution in [2.45, 2.75) is 117 Å². The number of ketones is 1. The van der Waals surface area contributed by atoms with E-state index in [0.29, 0.717) is 0 Å². The van der Waals surface area contributed by atoms with Gasteiger partial charge in [-0.3, -0.25) is 4.79 Å². The average Bonchev–Trinajstić information content (AvgIpc) is 2.98. The molecule has 0 spiro atoms. The lowest BCUT2D eigenvalue weighted by molar-refractivity contribution is -0.333. The summed E-state index contributed by atoms with van der Waals surface area (Å²) in [5, 5.41) is 89.9. The first kappa shape index (κ1) is 38.4. The predicted molar refractivity (Wildman–Crippen MR) is 155 cm³/mol. The first-order valence-electron chi connectivity index (χ1n) is 15.3. The molecule has 0 amide bonds. The molecular formula is C27H53N5O13. The molecular weight excluding hydrogens is 602 g/mol. The third-order valence-corrected chi connectivity index (χ3v) is 8.79. The first-order valence-corrected chi connectivity index (χ1v) is 15.3. The molecule has 3 aliphatic rings. The molecule has 0 bridgehead atoms. The second kappa shape index (κ2) is 16.9. The van der Waals surface area contributed by atoms with Crippen molar-refractivity contribution in [1.82, 2.24) is 10.6 Å². The second-order valence-corrected chi connectivity index (χ2v) is 12.5. The number of ether oxygens (including phenoxy) is 4. The molecule has 264 valence electrons.